The summed E-state index contributed by atoms with van der Waals surface area (Å²) in [7, 11) is -4.28. The van der Waals surface area contributed by atoms with Crippen LogP contribution in [0.2, 0.25) is 5.02 Å². The van der Waals surface area contributed by atoms with Gasteiger partial charge in [0.25, 0.3) is 10.8 Å². The zero-order chi connectivity index (χ0) is 22.7. The Kier molecular flexibility index (Phi) is 4.61. The highest BCUT2D eigenvalue weighted by Crippen LogP contribution is 2.52. The highest BCUT2D eigenvalue weighted by molar-refractivity contribution is 7.94. The molecular weight excluding hydrogens is 455 g/mol. The minimum Gasteiger partial charge on any atom is -0.304 e. The summed E-state index contributed by atoms with van der Waals surface area (Å²) in [5.41, 5.74) is 0.948. The summed E-state index contributed by atoms with van der Waals surface area (Å²) in [6.45, 7) is -0.178. The average Bonchev–Trinajstić information content (AvgIpc) is 3.13. The number of hydrogen-bond acceptors (Lipinski definition) is 4. The molecule has 162 valence electrons. The lowest BCUT2D eigenvalue weighted by Gasteiger charge is -2.32. The van der Waals surface area contributed by atoms with Gasteiger partial charge in [-0.2, -0.15) is 0 Å². The first-order chi connectivity index (χ1) is 15.3. The van der Waals surface area contributed by atoms with E-state index in [4.69, 9.17) is 11.6 Å². The van der Waals surface area contributed by atoms with Crippen molar-refractivity contribution in [1.82, 2.24) is 0 Å². The molecule has 2 heterocycles. The highest BCUT2D eigenvalue weighted by Gasteiger charge is 2.69. The summed E-state index contributed by atoms with van der Waals surface area (Å²) in [6.07, 6.45) is 0. The largest absolute Gasteiger partial charge is 0.304 e. The first-order valence-corrected chi connectivity index (χ1v) is 11.8. The van der Waals surface area contributed by atoms with E-state index in [0.29, 0.717) is 10.7 Å². The zero-order valence-corrected chi connectivity index (χ0v) is 18.1. The van der Waals surface area contributed by atoms with Crippen molar-refractivity contribution in [3.63, 3.8) is 0 Å². The fourth-order valence-corrected chi connectivity index (χ4v) is 6.59. The van der Waals surface area contributed by atoms with E-state index in [9.17, 15) is 22.4 Å². The second-order valence-corrected chi connectivity index (χ2v) is 10.2. The Morgan fingerprint density at radius 2 is 1.59 bits per heavy atom. The van der Waals surface area contributed by atoms with Crippen molar-refractivity contribution < 1.29 is 22.4 Å². The minimum absolute atomic E-state index is 0.169. The standard InChI is InChI=1S/C23H16ClFN2O4S/c24-16-9-11-17(12-10-16)27-21(28)14-32(30,31)23(27)18-6-2-4-8-20(18)26(22(23)29)13-15-5-1-3-7-19(15)25/h1-12H,13-14H2. The Morgan fingerprint density at radius 1 is 0.938 bits per heavy atom. The molecule has 32 heavy (non-hydrogen) atoms. The van der Waals surface area contributed by atoms with Crippen molar-refractivity contribution in [2.75, 3.05) is 15.6 Å². The zero-order valence-electron chi connectivity index (χ0n) is 16.5. The Hall–Kier alpha value is -3.23. The Labute approximate surface area is 188 Å². The predicted octanol–water partition coefficient (Wildman–Crippen LogP) is 3.64. The maximum Gasteiger partial charge on any atom is 0.274 e. The van der Waals surface area contributed by atoms with Crippen LogP contribution in [0.25, 0.3) is 0 Å². The third-order valence-corrected chi connectivity index (χ3v) is 8.15. The molecule has 1 saturated heterocycles. The van der Waals surface area contributed by atoms with Gasteiger partial charge in [0.2, 0.25) is 5.91 Å². The second kappa shape index (κ2) is 7.15. The maximum absolute atomic E-state index is 14.4. The van der Waals surface area contributed by atoms with Crippen LogP contribution in [-0.4, -0.2) is 26.0 Å². The van der Waals surface area contributed by atoms with Crippen molar-refractivity contribution >= 4 is 44.6 Å². The molecule has 1 fully saturated rings. The van der Waals surface area contributed by atoms with E-state index in [-0.39, 0.29) is 23.4 Å². The highest BCUT2D eigenvalue weighted by atomic mass is 35.5. The molecule has 0 aromatic heterocycles. The van der Waals surface area contributed by atoms with E-state index in [1.165, 1.54) is 53.4 Å². The third-order valence-electron chi connectivity index (χ3n) is 5.79. The predicted molar refractivity (Wildman–Crippen MR) is 118 cm³/mol. The molecule has 1 atom stereocenters. The lowest BCUT2D eigenvalue weighted by atomic mass is 10.0. The SMILES string of the molecule is O=C1CS(=O)(=O)C2(C(=O)N(Cc3ccccc3F)c3ccccc32)N1c1ccc(Cl)cc1. The molecule has 6 nitrogen and oxygen atoms in total. The van der Waals surface area contributed by atoms with Gasteiger partial charge >= 0.3 is 0 Å². The summed E-state index contributed by atoms with van der Waals surface area (Å²) < 4.78 is 41.3. The topological polar surface area (TPSA) is 74.8 Å². The smallest absolute Gasteiger partial charge is 0.274 e. The van der Waals surface area contributed by atoms with E-state index in [0.717, 1.165) is 4.90 Å². The molecule has 0 N–H and O–H groups in total. The van der Waals surface area contributed by atoms with Crippen molar-refractivity contribution in [3.8, 4) is 0 Å². The van der Waals surface area contributed by atoms with E-state index in [1.54, 1.807) is 24.3 Å². The van der Waals surface area contributed by atoms with Gasteiger partial charge in [-0.1, -0.05) is 48.0 Å². The van der Waals surface area contributed by atoms with Crippen LogP contribution in [0.5, 0.6) is 0 Å². The summed E-state index contributed by atoms with van der Waals surface area (Å²) in [5.74, 6) is -2.87. The van der Waals surface area contributed by atoms with Gasteiger partial charge in [-0.25, -0.2) is 12.8 Å². The number of para-hydroxylation sites is 1. The van der Waals surface area contributed by atoms with Gasteiger partial charge in [-0.3, -0.25) is 14.5 Å². The first-order valence-electron chi connectivity index (χ1n) is 9.73. The molecule has 0 bridgehead atoms. The molecule has 2 aliphatic heterocycles. The van der Waals surface area contributed by atoms with Gasteiger partial charge in [0.05, 0.1) is 12.2 Å². The maximum atomic E-state index is 14.4. The normalized spacial score (nSPS) is 21.4. The molecule has 0 radical (unpaired) electrons. The van der Waals surface area contributed by atoms with Crippen LogP contribution < -0.4 is 9.80 Å². The van der Waals surface area contributed by atoms with Gasteiger partial charge in [0.15, 0.2) is 9.84 Å². The molecule has 9 heteroatoms. The molecule has 2 amide bonds. The molecule has 0 aliphatic carbocycles. The van der Waals surface area contributed by atoms with E-state index < -0.39 is 38.1 Å². The van der Waals surface area contributed by atoms with Crippen molar-refractivity contribution in [2.45, 2.75) is 11.4 Å². The lowest BCUT2D eigenvalue weighted by Crippen LogP contribution is -2.54. The number of amides is 2. The minimum atomic E-state index is -4.28. The number of fused-ring (bicyclic) bond motifs is 2. The fraction of sp³-hybridized carbons (Fsp3) is 0.130. The van der Waals surface area contributed by atoms with Crippen LogP contribution in [0.4, 0.5) is 15.8 Å². The summed E-state index contributed by atoms with van der Waals surface area (Å²) in [4.78, 5) is 26.9. The fourth-order valence-electron chi connectivity index (χ4n) is 4.44. The number of anilines is 2. The molecular formula is C23H16ClFN2O4S. The number of nitrogens with zero attached hydrogens (tertiary/aromatic N) is 2. The van der Waals surface area contributed by atoms with Crippen LogP contribution in [-0.2, 0) is 30.8 Å². The van der Waals surface area contributed by atoms with Gasteiger partial charge < -0.3 is 4.90 Å². The number of rotatable bonds is 3. The van der Waals surface area contributed by atoms with Gasteiger partial charge in [-0.05, 0) is 36.4 Å². The van der Waals surface area contributed by atoms with E-state index in [2.05, 4.69) is 0 Å². The Bertz CT molecular complexity index is 1380. The number of sulfone groups is 1. The van der Waals surface area contributed by atoms with Crippen molar-refractivity contribution in [3.05, 3.63) is 94.8 Å². The van der Waals surface area contributed by atoms with Crippen molar-refractivity contribution in [1.29, 1.82) is 0 Å². The quantitative estimate of drug-likeness (QED) is 0.585. The van der Waals surface area contributed by atoms with Gasteiger partial charge in [0, 0.05) is 21.8 Å². The van der Waals surface area contributed by atoms with Crippen LogP contribution in [0.15, 0.2) is 72.8 Å². The van der Waals surface area contributed by atoms with E-state index in [1.807, 2.05) is 0 Å². The lowest BCUT2D eigenvalue weighted by molar-refractivity contribution is -0.123. The number of carbonyl (C=O) groups excluding carboxylic acids is 2. The molecule has 3 aromatic rings. The molecule has 5 rings (SSSR count). The number of halogens is 2. The molecule has 3 aromatic carbocycles. The summed E-state index contributed by atoms with van der Waals surface area (Å²) in [5, 5.41) is 0.400. The van der Waals surface area contributed by atoms with E-state index >= 15 is 0 Å². The van der Waals surface area contributed by atoms with Crippen LogP contribution in [0.1, 0.15) is 11.1 Å². The monoisotopic (exact) mass is 470 g/mol. The van der Waals surface area contributed by atoms with Crippen molar-refractivity contribution in [2.24, 2.45) is 0 Å². The van der Waals surface area contributed by atoms with Crippen LogP contribution in [0, 0.1) is 5.82 Å². The summed E-state index contributed by atoms with van der Waals surface area (Å²) >= 11 is 5.97. The summed E-state index contributed by atoms with van der Waals surface area (Å²) in [6, 6.07) is 18.4. The first kappa shape index (κ1) is 20.7. The van der Waals surface area contributed by atoms with Gasteiger partial charge in [0.1, 0.15) is 11.6 Å². The molecule has 1 spiro atoms. The number of hydrogen-bond donors (Lipinski definition) is 0. The Balaban J connectivity index is 1.74. The third kappa shape index (κ3) is 2.73. The Morgan fingerprint density at radius 3 is 2.31 bits per heavy atom. The van der Waals surface area contributed by atoms with Gasteiger partial charge in [-0.15, -0.1) is 0 Å². The number of benzene rings is 3. The number of carbonyl (C=O) groups is 2. The second-order valence-electron chi connectivity index (χ2n) is 7.61. The molecule has 1 unspecified atom stereocenters. The molecule has 0 saturated carbocycles. The molecule has 2 aliphatic rings. The average molecular weight is 471 g/mol. The van der Waals surface area contributed by atoms with Crippen LogP contribution in [0.3, 0.4) is 0 Å². The van der Waals surface area contributed by atoms with Crippen LogP contribution >= 0.6 is 11.6 Å².